The van der Waals surface area contributed by atoms with E-state index in [0.29, 0.717) is 31.0 Å². The van der Waals surface area contributed by atoms with E-state index in [1.807, 2.05) is 24.8 Å². The van der Waals surface area contributed by atoms with Crippen LogP contribution in [0.2, 0.25) is 0 Å². The summed E-state index contributed by atoms with van der Waals surface area (Å²) in [6.07, 6.45) is 3.74. The molecule has 1 aliphatic heterocycles. The lowest BCUT2D eigenvalue weighted by Crippen LogP contribution is -2.46. The standard InChI is InChI=1S/C21H23N3O2S/c1-3-17-19(22-14-26-17)20(25)24-11-9-21(10-12-24,16-7-5-4-6-8-16)18-13-27-15(2)23-18/h4-8,13-14H,3,9-12H2,1-2H3. The van der Waals surface area contributed by atoms with Crippen LogP contribution in [0.5, 0.6) is 0 Å². The molecule has 0 bridgehead atoms. The summed E-state index contributed by atoms with van der Waals surface area (Å²) in [4.78, 5) is 23.8. The topological polar surface area (TPSA) is 59.2 Å². The molecule has 0 saturated carbocycles. The molecule has 5 nitrogen and oxygen atoms in total. The first-order chi connectivity index (χ1) is 13.1. The van der Waals surface area contributed by atoms with Gasteiger partial charge >= 0.3 is 0 Å². The summed E-state index contributed by atoms with van der Waals surface area (Å²) in [6.45, 7) is 5.38. The molecule has 0 atom stereocenters. The summed E-state index contributed by atoms with van der Waals surface area (Å²) < 4.78 is 5.34. The molecule has 0 unspecified atom stereocenters. The molecule has 140 valence electrons. The number of thiazole rings is 1. The van der Waals surface area contributed by atoms with Gasteiger partial charge in [0.25, 0.3) is 5.91 Å². The molecule has 0 N–H and O–H groups in total. The summed E-state index contributed by atoms with van der Waals surface area (Å²) in [5, 5.41) is 3.25. The molecule has 3 aromatic rings. The second kappa shape index (κ2) is 7.27. The van der Waals surface area contributed by atoms with Gasteiger partial charge in [-0.05, 0) is 25.3 Å². The Balaban J connectivity index is 1.61. The van der Waals surface area contributed by atoms with Gasteiger partial charge in [-0.25, -0.2) is 9.97 Å². The second-order valence-electron chi connectivity index (χ2n) is 6.97. The van der Waals surface area contributed by atoms with Crippen LogP contribution < -0.4 is 0 Å². The van der Waals surface area contributed by atoms with E-state index in [-0.39, 0.29) is 11.3 Å². The van der Waals surface area contributed by atoms with Gasteiger partial charge in [0.1, 0.15) is 5.76 Å². The van der Waals surface area contributed by atoms with Crippen LogP contribution >= 0.6 is 11.3 Å². The zero-order valence-corrected chi connectivity index (χ0v) is 16.5. The van der Waals surface area contributed by atoms with Crippen LogP contribution in [-0.2, 0) is 11.8 Å². The smallest absolute Gasteiger partial charge is 0.276 e. The van der Waals surface area contributed by atoms with Crippen LogP contribution in [0.4, 0.5) is 0 Å². The molecule has 3 heterocycles. The number of piperidine rings is 1. The van der Waals surface area contributed by atoms with E-state index in [0.717, 1.165) is 23.5 Å². The lowest BCUT2D eigenvalue weighted by molar-refractivity contribution is 0.0676. The Morgan fingerprint density at radius 1 is 1.26 bits per heavy atom. The number of oxazole rings is 1. The molecule has 0 spiro atoms. The van der Waals surface area contributed by atoms with E-state index in [4.69, 9.17) is 9.40 Å². The molecule has 6 heteroatoms. The Morgan fingerprint density at radius 3 is 2.63 bits per heavy atom. The van der Waals surface area contributed by atoms with E-state index in [9.17, 15) is 4.79 Å². The van der Waals surface area contributed by atoms with Crippen molar-refractivity contribution in [3.05, 3.63) is 69.8 Å². The van der Waals surface area contributed by atoms with Gasteiger partial charge < -0.3 is 9.32 Å². The molecule has 27 heavy (non-hydrogen) atoms. The molecule has 1 saturated heterocycles. The lowest BCUT2D eigenvalue weighted by Gasteiger charge is -2.41. The van der Waals surface area contributed by atoms with Gasteiger partial charge in [-0.2, -0.15) is 0 Å². The van der Waals surface area contributed by atoms with Crippen molar-refractivity contribution in [1.29, 1.82) is 0 Å². The van der Waals surface area contributed by atoms with Crippen molar-refractivity contribution in [3.63, 3.8) is 0 Å². The van der Waals surface area contributed by atoms with Crippen LogP contribution in [0.1, 0.15) is 52.3 Å². The number of likely N-dealkylation sites (tertiary alicyclic amines) is 1. The third-order valence-electron chi connectivity index (χ3n) is 5.50. The summed E-state index contributed by atoms with van der Waals surface area (Å²) >= 11 is 1.69. The summed E-state index contributed by atoms with van der Waals surface area (Å²) in [6, 6.07) is 10.6. The van der Waals surface area contributed by atoms with Crippen molar-refractivity contribution in [1.82, 2.24) is 14.9 Å². The van der Waals surface area contributed by atoms with Crippen LogP contribution in [0, 0.1) is 6.92 Å². The molecular formula is C21H23N3O2S. The zero-order chi connectivity index (χ0) is 18.9. The molecule has 1 fully saturated rings. The molecular weight excluding hydrogens is 358 g/mol. The van der Waals surface area contributed by atoms with Crippen molar-refractivity contribution in [2.45, 2.75) is 38.5 Å². The number of aryl methyl sites for hydroxylation is 2. The number of benzene rings is 1. The van der Waals surface area contributed by atoms with Gasteiger partial charge in [-0.1, -0.05) is 37.3 Å². The fourth-order valence-electron chi connectivity index (χ4n) is 3.97. The SMILES string of the molecule is CCc1ocnc1C(=O)N1CCC(c2ccccc2)(c2csc(C)n2)CC1. The molecule has 0 radical (unpaired) electrons. The van der Waals surface area contributed by atoms with Gasteiger partial charge in [0.05, 0.1) is 10.7 Å². The number of amides is 1. The maximum Gasteiger partial charge on any atom is 0.276 e. The second-order valence-corrected chi connectivity index (χ2v) is 8.03. The summed E-state index contributed by atoms with van der Waals surface area (Å²) in [5.41, 5.74) is 2.71. The highest BCUT2D eigenvalue weighted by molar-refractivity contribution is 7.09. The maximum absolute atomic E-state index is 12.9. The predicted octanol–water partition coefficient (Wildman–Crippen LogP) is 4.22. The van der Waals surface area contributed by atoms with Crippen LogP contribution in [0.3, 0.4) is 0 Å². The first-order valence-corrected chi connectivity index (χ1v) is 10.2. The third-order valence-corrected chi connectivity index (χ3v) is 6.28. The minimum absolute atomic E-state index is 0.0308. The molecule has 1 aliphatic rings. The van der Waals surface area contributed by atoms with Crippen LogP contribution in [-0.4, -0.2) is 33.9 Å². The predicted molar refractivity (Wildman–Crippen MR) is 105 cm³/mol. The third kappa shape index (κ3) is 3.18. The highest BCUT2D eigenvalue weighted by Crippen LogP contribution is 2.42. The average molecular weight is 382 g/mol. The molecule has 2 aromatic heterocycles. The Hall–Kier alpha value is -2.47. The fourth-order valence-corrected chi connectivity index (χ4v) is 4.68. The largest absolute Gasteiger partial charge is 0.448 e. The maximum atomic E-state index is 12.9. The van der Waals surface area contributed by atoms with E-state index in [1.54, 1.807) is 11.3 Å². The monoisotopic (exact) mass is 381 g/mol. The lowest BCUT2D eigenvalue weighted by atomic mass is 9.70. The highest BCUT2D eigenvalue weighted by atomic mass is 32.1. The van der Waals surface area contributed by atoms with Gasteiger partial charge in [0, 0.05) is 30.3 Å². The molecule has 0 aliphatic carbocycles. The van der Waals surface area contributed by atoms with Crippen molar-refractivity contribution in [3.8, 4) is 0 Å². The number of rotatable bonds is 4. The number of aromatic nitrogens is 2. The Morgan fingerprint density at radius 2 is 2.00 bits per heavy atom. The van der Waals surface area contributed by atoms with Crippen molar-refractivity contribution in [2.75, 3.05) is 13.1 Å². The van der Waals surface area contributed by atoms with Crippen molar-refractivity contribution < 1.29 is 9.21 Å². The fraction of sp³-hybridized carbons (Fsp3) is 0.381. The van der Waals surface area contributed by atoms with Gasteiger partial charge in [-0.15, -0.1) is 11.3 Å². The summed E-state index contributed by atoms with van der Waals surface area (Å²) in [5.74, 6) is 0.631. The Bertz CT molecular complexity index is 924. The number of carbonyl (C=O) groups is 1. The first kappa shape index (κ1) is 17.9. The summed E-state index contributed by atoms with van der Waals surface area (Å²) in [7, 11) is 0. The minimum atomic E-state index is -0.139. The molecule has 1 amide bonds. The Kier molecular flexibility index (Phi) is 4.83. The van der Waals surface area contributed by atoms with Gasteiger partial charge in [0.2, 0.25) is 0 Å². The number of carbonyl (C=O) groups excluding carboxylic acids is 1. The first-order valence-electron chi connectivity index (χ1n) is 9.34. The van der Waals surface area contributed by atoms with Crippen LogP contribution in [0.15, 0.2) is 46.5 Å². The minimum Gasteiger partial charge on any atom is -0.448 e. The Labute approximate surface area is 163 Å². The van der Waals surface area contributed by atoms with Crippen molar-refractivity contribution >= 4 is 17.2 Å². The quantitative estimate of drug-likeness (QED) is 0.679. The number of hydrogen-bond donors (Lipinski definition) is 0. The van der Waals surface area contributed by atoms with Crippen molar-refractivity contribution in [2.24, 2.45) is 0 Å². The molecule has 1 aromatic carbocycles. The van der Waals surface area contributed by atoms with E-state index in [2.05, 4.69) is 34.6 Å². The number of nitrogens with zero attached hydrogens (tertiary/aromatic N) is 3. The van der Waals surface area contributed by atoms with Crippen LogP contribution in [0.25, 0.3) is 0 Å². The number of hydrogen-bond acceptors (Lipinski definition) is 5. The van der Waals surface area contributed by atoms with Gasteiger partial charge in [0.15, 0.2) is 12.1 Å². The van der Waals surface area contributed by atoms with E-state index >= 15 is 0 Å². The van der Waals surface area contributed by atoms with Gasteiger partial charge in [-0.3, -0.25) is 4.79 Å². The van der Waals surface area contributed by atoms with E-state index in [1.165, 1.54) is 12.0 Å². The highest BCUT2D eigenvalue weighted by Gasteiger charge is 2.41. The average Bonchev–Trinajstić information content (AvgIpc) is 3.37. The van der Waals surface area contributed by atoms with E-state index < -0.39 is 0 Å². The normalized spacial score (nSPS) is 16.4. The zero-order valence-electron chi connectivity index (χ0n) is 15.6. The molecule has 4 rings (SSSR count).